The largest absolute Gasteiger partial charge is 0.383 e. The number of amides is 2. The fourth-order valence-electron chi connectivity index (χ4n) is 3.17. The molecular weight excluding hydrogens is 468 g/mol. The van der Waals surface area contributed by atoms with Crippen LogP contribution in [0.25, 0.3) is 0 Å². The van der Waals surface area contributed by atoms with Crippen molar-refractivity contribution in [1.29, 1.82) is 0 Å². The molecule has 1 aliphatic heterocycles. The number of rotatable bonds is 9. The molecule has 0 radical (unpaired) electrons. The van der Waals surface area contributed by atoms with Gasteiger partial charge in [-0.25, -0.2) is 4.99 Å². The van der Waals surface area contributed by atoms with Gasteiger partial charge in [-0.1, -0.05) is 35.7 Å². The van der Waals surface area contributed by atoms with Crippen LogP contribution in [0.4, 0.5) is 20.2 Å². The Morgan fingerprint density at radius 3 is 2.64 bits per heavy atom. The molecule has 1 aliphatic rings. The second kappa shape index (κ2) is 11.6. The molecule has 0 bridgehead atoms. The van der Waals surface area contributed by atoms with E-state index in [2.05, 4.69) is 10.3 Å². The molecule has 10 heteroatoms. The molecule has 2 aromatic rings. The summed E-state index contributed by atoms with van der Waals surface area (Å²) in [5.74, 6) is -2.96. The van der Waals surface area contributed by atoms with E-state index in [1.807, 2.05) is 32.0 Å². The fourth-order valence-corrected chi connectivity index (χ4v) is 4.85. The number of aryl methyl sites for hydroxylation is 2. The van der Waals surface area contributed by atoms with E-state index in [0.717, 1.165) is 16.8 Å². The Bertz CT molecular complexity index is 1030. The fraction of sp³-hybridized carbons (Fsp3) is 0.348. The smallest absolute Gasteiger partial charge is 0.288 e. The number of ether oxygens (including phenoxy) is 1. The molecular formula is C23H25F2N3O3S2. The lowest BCUT2D eigenvalue weighted by molar-refractivity contribution is -0.128. The van der Waals surface area contributed by atoms with Crippen molar-refractivity contribution in [3.05, 3.63) is 53.6 Å². The van der Waals surface area contributed by atoms with Crippen molar-refractivity contribution < 1.29 is 23.1 Å². The summed E-state index contributed by atoms with van der Waals surface area (Å²) in [6.45, 7) is 4.47. The van der Waals surface area contributed by atoms with E-state index in [-0.39, 0.29) is 18.2 Å². The number of alkyl halides is 2. The molecule has 0 saturated carbocycles. The number of methoxy groups -OCH3 is 1. The minimum atomic E-state index is -2.50. The van der Waals surface area contributed by atoms with Gasteiger partial charge in [-0.15, -0.1) is 0 Å². The van der Waals surface area contributed by atoms with E-state index < -0.39 is 11.0 Å². The van der Waals surface area contributed by atoms with Crippen LogP contribution in [0.1, 0.15) is 17.5 Å². The number of aliphatic imine (C=N–C) groups is 1. The number of hydrogen-bond donors (Lipinski definition) is 1. The maximum Gasteiger partial charge on any atom is 0.288 e. The average molecular weight is 494 g/mol. The van der Waals surface area contributed by atoms with Crippen LogP contribution in [0.5, 0.6) is 0 Å². The Hall–Kier alpha value is -2.43. The second-order valence-electron chi connectivity index (χ2n) is 7.43. The number of anilines is 1. The van der Waals surface area contributed by atoms with Crippen LogP contribution in [-0.2, 0) is 14.3 Å². The SMILES string of the molecule is COCCN1C(=O)C(CC(=O)Nc2cc(C)ccc2C)SC1=Nc1ccc(SC(F)F)cc1. The van der Waals surface area contributed by atoms with Crippen molar-refractivity contribution in [2.75, 3.05) is 25.6 Å². The number of hydrogen-bond acceptors (Lipinski definition) is 6. The minimum Gasteiger partial charge on any atom is -0.383 e. The van der Waals surface area contributed by atoms with Crippen molar-refractivity contribution in [2.24, 2.45) is 4.99 Å². The zero-order chi connectivity index (χ0) is 24.0. The number of carbonyl (C=O) groups is 2. The number of nitrogens with one attached hydrogen (secondary N) is 1. The quantitative estimate of drug-likeness (QED) is 0.485. The first-order chi connectivity index (χ1) is 15.8. The zero-order valence-corrected chi connectivity index (χ0v) is 20.1. The van der Waals surface area contributed by atoms with Crippen LogP contribution in [-0.4, -0.2) is 53.2 Å². The molecule has 1 saturated heterocycles. The summed E-state index contributed by atoms with van der Waals surface area (Å²) in [4.78, 5) is 32.1. The predicted octanol–water partition coefficient (Wildman–Crippen LogP) is 5.22. The molecule has 1 unspecified atom stereocenters. The summed E-state index contributed by atoms with van der Waals surface area (Å²) >= 11 is 1.68. The molecule has 1 fully saturated rings. The molecule has 0 aliphatic carbocycles. The maximum absolute atomic E-state index is 13.0. The van der Waals surface area contributed by atoms with E-state index in [9.17, 15) is 18.4 Å². The lowest BCUT2D eigenvalue weighted by atomic mass is 10.1. The molecule has 3 rings (SSSR count). The lowest BCUT2D eigenvalue weighted by Crippen LogP contribution is -2.35. The highest BCUT2D eigenvalue weighted by Crippen LogP contribution is 2.33. The highest BCUT2D eigenvalue weighted by Gasteiger charge is 2.39. The predicted molar refractivity (Wildman–Crippen MR) is 130 cm³/mol. The van der Waals surface area contributed by atoms with Crippen LogP contribution < -0.4 is 5.32 Å². The van der Waals surface area contributed by atoms with Gasteiger partial charge >= 0.3 is 0 Å². The number of amidine groups is 1. The molecule has 2 aromatic carbocycles. The summed E-state index contributed by atoms with van der Waals surface area (Å²) in [6, 6.07) is 12.2. The summed E-state index contributed by atoms with van der Waals surface area (Å²) in [5, 5.41) is 2.73. The molecule has 0 spiro atoms. The first-order valence-corrected chi connectivity index (χ1v) is 12.0. The van der Waals surface area contributed by atoms with Gasteiger partial charge in [-0.2, -0.15) is 8.78 Å². The van der Waals surface area contributed by atoms with E-state index in [1.54, 1.807) is 31.4 Å². The molecule has 176 valence electrons. The van der Waals surface area contributed by atoms with Crippen LogP contribution >= 0.6 is 23.5 Å². The van der Waals surface area contributed by atoms with E-state index in [4.69, 9.17) is 4.74 Å². The Morgan fingerprint density at radius 2 is 1.97 bits per heavy atom. The van der Waals surface area contributed by atoms with Gasteiger partial charge in [0.1, 0.15) is 5.25 Å². The van der Waals surface area contributed by atoms with Gasteiger partial charge < -0.3 is 10.1 Å². The molecule has 0 aromatic heterocycles. The molecule has 1 heterocycles. The molecule has 2 amide bonds. The summed E-state index contributed by atoms with van der Waals surface area (Å²) < 4.78 is 30.2. The van der Waals surface area contributed by atoms with Gasteiger partial charge in [0, 0.05) is 24.1 Å². The van der Waals surface area contributed by atoms with Crippen LogP contribution in [0.2, 0.25) is 0 Å². The van der Waals surface area contributed by atoms with Crippen LogP contribution in [0, 0.1) is 13.8 Å². The Labute approximate surface area is 200 Å². The Kier molecular flexibility index (Phi) is 8.87. The van der Waals surface area contributed by atoms with E-state index >= 15 is 0 Å². The van der Waals surface area contributed by atoms with E-state index in [1.165, 1.54) is 16.7 Å². The first kappa shape index (κ1) is 25.2. The third-order valence-corrected chi connectivity index (χ3v) is 6.76. The number of thioether (sulfide) groups is 2. The monoisotopic (exact) mass is 493 g/mol. The topological polar surface area (TPSA) is 71.0 Å². The van der Waals surface area contributed by atoms with Crippen molar-refractivity contribution in [3.63, 3.8) is 0 Å². The van der Waals surface area contributed by atoms with Gasteiger partial charge in [-0.3, -0.25) is 14.5 Å². The second-order valence-corrected chi connectivity index (χ2v) is 9.66. The minimum absolute atomic E-state index is 0.00332. The van der Waals surface area contributed by atoms with Crippen molar-refractivity contribution >= 4 is 51.9 Å². The molecule has 6 nitrogen and oxygen atoms in total. The standard InChI is InChI=1S/C23H25F2N3O3S2/c1-14-4-5-15(2)18(12-14)27-20(29)13-19-21(30)28(10-11-31-3)23(33-19)26-16-6-8-17(9-7-16)32-22(24)25/h4-9,12,19,22H,10-11,13H2,1-3H3,(H,27,29). The number of carbonyl (C=O) groups excluding carboxylic acids is 2. The van der Waals surface area contributed by atoms with Crippen molar-refractivity contribution in [3.8, 4) is 0 Å². The molecule has 1 atom stereocenters. The van der Waals surface area contributed by atoms with Gasteiger partial charge in [0.25, 0.3) is 5.76 Å². The number of benzene rings is 2. The third-order valence-electron chi connectivity index (χ3n) is 4.86. The lowest BCUT2D eigenvalue weighted by Gasteiger charge is -2.16. The molecule has 1 N–H and O–H groups in total. The normalized spacial score (nSPS) is 17.3. The first-order valence-electron chi connectivity index (χ1n) is 10.2. The van der Waals surface area contributed by atoms with Crippen LogP contribution in [0.3, 0.4) is 0 Å². The third kappa shape index (κ3) is 7.02. The highest BCUT2D eigenvalue weighted by molar-refractivity contribution is 8.15. The molecule has 33 heavy (non-hydrogen) atoms. The number of halogens is 2. The van der Waals surface area contributed by atoms with Gasteiger partial charge in [0.2, 0.25) is 11.8 Å². The Balaban J connectivity index is 1.73. The van der Waals surface area contributed by atoms with E-state index in [0.29, 0.717) is 40.7 Å². The van der Waals surface area contributed by atoms with Gasteiger partial charge in [0.05, 0.1) is 18.8 Å². The number of nitrogens with zero attached hydrogens (tertiary/aromatic N) is 2. The van der Waals surface area contributed by atoms with Gasteiger partial charge in [0.15, 0.2) is 5.17 Å². The van der Waals surface area contributed by atoms with Crippen molar-refractivity contribution in [1.82, 2.24) is 4.90 Å². The summed E-state index contributed by atoms with van der Waals surface area (Å²) in [7, 11) is 1.54. The zero-order valence-electron chi connectivity index (χ0n) is 18.5. The average Bonchev–Trinajstić information content (AvgIpc) is 3.04. The van der Waals surface area contributed by atoms with Crippen LogP contribution in [0.15, 0.2) is 52.4 Å². The highest BCUT2D eigenvalue weighted by atomic mass is 32.2. The van der Waals surface area contributed by atoms with Gasteiger partial charge in [-0.05, 0) is 55.3 Å². The summed E-state index contributed by atoms with van der Waals surface area (Å²) in [6.07, 6.45) is 0.00332. The maximum atomic E-state index is 13.0. The van der Waals surface area contributed by atoms with Crippen molar-refractivity contribution in [2.45, 2.75) is 36.2 Å². The Morgan fingerprint density at radius 1 is 1.24 bits per heavy atom. The summed E-state index contributed by atoms with van der Waals surface area (Å²) in [5.41, 5.74) is 3.23.